The van der Waals surface area contributed by atoms with Crippen LogP contribution in [0, 0.1) is 0 Å². The van der Waals surface area contributed by atoms with Gasteiger partial charge in [-0.05, 0) is 67.5 Å². The second-order valence-corrected chi connectivity index (χ2v) is 6.58. The predicted molar refractivity (Wildman–Crippen MR) is 96.3 cm³/mol. The summed E-state index contributed by atoms with van der Waals surface area (Å²) in [6.45, 7) is 2.25. The third kappa shape index (κ3) is 2.42. The number of rotatable bonds is 3. The number of benzene rings is 1. The largest absolute Gasteiger partial charge is 0.497 e. The molecule has 4 rings (SSSR count). The van der Waals surface area contributed by atoms with Crippen LogP contribution in [0.3, 0.4) is 0 Å². The van der Waals surface area contributed by atoms with Crippen molar-refractivity contribution in [3.63, 3.8) is 0 Å². The van der Waals surface area contributed by atoms with Crippen molar-refractivity contribution in [1.29, 1.82) is 0 Å². The first kappa shape index (κ1) is 15.1. The monoisotopic (exact) mass is 322 g/mol. The Morgan fingerprint density at radius 3 is 3.00 bits per heavy atom. The van der Waals surface area contributed by atoms with Gasteiger partial charge in [0.15, 0.2) is 0 Å². The molecular formula is C20H22N2O2. The first-order valence-corrected chi connectivity index (χ1v) is 8.63. The van der Waals surface area contributed by atoms with E-state index in [1.165, 1.54) is 30.5 Å². The molecule has 0 spiro atoms. The number of carbonyl (C=O) groups is 1. The van der Waals surface area contributed by atoms with E-state index in [1.54, 1.807) is 7.11 Å². The van der Waals surface area contributed by atoms with Crippen molar-refractivity contribution in [3.8, 4) is 5.75 Å². The SMILES string of the molecule is CCC1CCCc2[nH]c(C=C3C(=O)Nc4ccc(OC)cc43)cc21. The number of aromatic amines is 1. The van der Waals surface area contributed by atoms with Crippen molar-refractivity contribution in [3.05, 3.63) is 46.8 Å². The van der Waals surface area contributed by atoms with Gasteiger partial charge < -0.3 is 15.0 Å². The summed E-state index contributed by atoms with van der Waals surface area (Å²) >= 11 is 0. The smallest absolute Gasteiger partial charge is 0.256 e. The van der Waals surface area contributed by atoms with Crippen LogP contribution >= 0.6 is 0 Å². The number of carbonyl (C=O) groups excluding carboxylic acids is 1. The normalized spacial score (nSPS) is 20.7. The second kappa shape index (κ2) is 5.86. The van der Waals surface area contributed by atoms with Crippen LogP contribution < -0.4 is 10.1 Å². The van der Waals surface area contributed by atoms with Gasteiger partial charge in [-0.15, -0.1) is 0 Å². The number of aryl methyl sites for hydroxylation is 1. The van der Waals surface area contributed by atoms with Gasteiger partial charge in [0.1, 0.15) is 5.75 Å². The van der Waals surface area contributed by atoms with Crippen molar-refractivity contribution >= 4 is 23.2 Å². The Labute approximate surface area is 141 Å². The van der Waals surface area contributed by atoms with Crippen molar-refractivity contribution in [2.75, 3.05) is 12.4 Å². The Morgan fingerprint density at radius 1 is 1.33 bits per heavy atom. The zero-order chi connectivity index (χ0) is 16.7. The lowest BCUT2D eigenvalue weighted by Crippen LogP contribution is -2.07. The molecule has 0 saturated carbocycles. The first-order chi connectivity index (χ1) is 11.7. The molecule has 1 aliphatic carbocycles. The molecule has 24 heavy (non-hydrogen) atoms. The Kier molecular flexibility index (Phi) is 3.68. The maximum atomic E-state index is 12.4. The van der Waals surface area contributed by atoms with Crippen molar-refractivity contribution in [2.24, 2.45) is 0 Å². The molecule has 0 radical (unpaired) electrons. The van der Waals surface area contributed by atoms with Gasteiger partial charge in [-0.3, -0.25) is 4.79 Å². The zero-order valence-electron chi connectivity index (χ0n) is 14.1. The van der Waals surface area contributed by atoms with Gasteiger partial charge >= 0.3 is 0 Å². The predicted octanol–water partition coefficient (Wildman–Crippen LogP) is 4.35. The topological polar surface area (TPSA) is 54.1 Å². The number of hydrogen-bond donors (Lipinski definition) is 2. The minimum atomic E-state index is -0.0575. The van der Waals surface area contributed by atoms with Gasteiger partial charge in [0, 0.05) is 22.6 Å². The molecule has 2 N–H and O–H groups in total. The van der Waals surface area contributed by atoms with Crippen LogP contribution in [0.1, 0.15) is 54.6 Å². The number of nitrogens with one attached hydrogen (secondary N) is 2. The Balaban J connectivity index is 1.75. The average Bonchev–Trinajstić information content (AvgIpc) is 3.15. The van der Waals surface area contributed by atoms with Crippen LogP contribution in [0.4, 0.5) is 5.69 Å². The number of methoxy groups -OCH3 is 1. The van der Waals surface area contributed by atoms with Gasteiger partial charge in [0.25, 0.3) is 5.91 Å². The molecule has 2 aliphatic rings. The molecular weight excluding hydrogens is 300 g/mol. The number of H-pyrrole nitrogens is 1. The Hall–Kier alpha value is -2.49. The zero-order valence-corrected chi connectivity index (χ0v) is 14.1. The summed E-state index contributed by atoms with van der Waals surface area (Å²) in [5.41, 5.74) is 6.22. The number of ether oxygens (including phenoxy) is 1. The van der Waals surface area contributed by atoms with Gasteiger partial charge in [-0.1, -0.05) is 6.92 Å². The summed E-state index contributed by atoms with van der Waals surface area (Å²) in [7, 11) is 1.64. The van der Waals surface area contributed by atoms with Gasteiger partial charge in [0.2, 0.25) is 0 Å². The minimum absolute atomic E-state index is 0.0575. The molecule has 1 aromatic carbocycles. The van der Waals surface area contributed by atoms with E-state index in [-0.39, 0.29) is 5.91 Å². The highest BCUT2D eigenvalue weighted by Gasteiger charge is 2.26. The van der Waals surface area contributed by atoms with Crippen LogP contribution in [0.5, 0.6) is 5.75 Å². The number of amides is 1. The summed E-state index contributed by atoms with van der Waals surface area (Å²) in [5.74, 6) is 1.34. The maximum absolute atomic E-state index is 12.4. The van der Waals surface area contributed by atoms with E-state index in [9.17, 15) is 4.79 Å². The fourth-order valence-electron chi connectivity index (χ4n) is 3.88. The quantitative estimate of drug-likeness (QED) is 0.826. The molecule has 1 unspecified atom stereocenters. The molecule has 4 heteroatoms. The number of hydrogen-bond acceptors (Lipinski definition) is 2. The van der Waals surface area contributed by atoms with E-state index in [1.807, 2.05) is 24.3 Å². The number of anilines is 1. The highest BCUT2D eigenvalue weighted by Crippen LogP contribution is 2.38. The van der Waals surface area contributed by atoms with Gasteiger partial charge in [-0.25, -0.2) is 0 Å². The second-order valence-electron chi connectivity index (χ2n) is 6.58. The van der Waals surface area contributed by atoms with E-state index in [0.717, 1.165) is 29.1 Å². The van der Waals surface area contributed by atoms with Crippen LogP contribution in [-0.4, -0.2) is 18.0 Å². The summed E-state index contributed by atoms with van der Waals surface area (Å²) in [6, 6.07) is 7.89. The third-order valence-corrected chi connectivity index (χ3v) is 5.18. The third-order valence-electron chi connectivity index (χ3n) is 5.18. The fourth-order valence-corrected chi connectivity index (χ4v) is 3.88. The van der Waals surface area contributed by atoms with Crippen LogP contribution in [0.2, 0.25) is 0 Å². The van der Waals surface area contributed by atoms with Crippen LogP contribution in [0.15, 0.2) is 24.3 Å². The number of aromatic nitrogens is 1. The molecule has 0 bridgehead atoms. The molecule has 2 heterocycles. The molecule has 1 atom stereocenters. The molecule has 0 fully saturated rings. The van der Waals surface area contributed by atoms with Gasteiger partial charge in [-0.2, -0.15) is 0 Å². The average molecular weight is 322 g/mol. The van der Waals surface area contributed by atoms with E-state index in [2.05, 4.69) is 23.3 Å². The first-order valence-electron chi connectivity index (χ1n) is 8.63. The highest BCUT2D eigenvalue weighted by atomic mass is 16.5. The molecule has 1 aromatic heterocycles. The van der Waals surface area contributed by atoms with E-state index < -0.39 is 0 Å². The Morgan fingerprint density at radius 2 is 2.21 bits per heavy atom. The number of fused-ring (bicyclic) bond motifs is 2. The van der Waals surface area contributed by atoms with Crippen molar-refractivity contribution in [1.82, 2.24) is 4.98 Å². The lowest BCUT2D eigenvalue weighted by Gasteiger charge is -2.20. The maximum Gasteiger partial charge on any atom is 0.256 e. The van der Waals surface area contributed by atoms with E-state index >= 15 is 0 Å². The molecule has 2 aromatic rings. The molecule has 1 aliphatic heterocycles. The lowest BCUT2D eigenvalue weighted by molar-refractivity contribution is -0.110. The fraction of sp³-hybridized carbons (Fsp3) is 0.350. The standard InChI is InChI=1S/C20H22N2O2/c1-3-12-5-4-6-18-15(12)9-13(21-18)10-17-16-11-14(24-2)7-8-19(16)22-20(17)23/h7-12,21H,3-6H2,1-2H3,(H,22,23). The van der Waals surface area contributed by atoms with Crippen LogP contribution in [0.25, 0.3) is 11.6 Å². The molecule has 1 amide bonds. The Bertz CT molecular complexity index is 832. The summed E-state index contributed by atoms with van der Waals surface area (Å²) in [6.07, 6.45) is 6.74. The van der Waals surface area contributed by atoms with E-state index in [4.69, 9.17) is 4.74 Å². The summed E-state index contributed by atoms with van der Waals surface area (Å²) < 4.78 is 5.29. The minimum Gasteiger partial charge on any atom is -0.497 e. The van der Waals surface area contributed by atoms with Crippen molar-refractivity contribution in [2.45, 2.75) is 38.5 Å². The summed E-state index contributed by atoms with van der Waals surface area (Å²) in [5, 5.41) is 2.92. The lowest BCUT2D eigenvalue weighted by atomic mass is 9.85. The van der Waals surface area contributed by atoms with E-state index in [0.29, 0.717) is 11.5 Å². The van der Waals surface area contributed by atoms with Crippen LogP contribution in [-0.2, 0) is 11.2 Å². The van der Waals surface area contributed by atoms with Crippen molar-refractivity contribution < 1.29 is 9.53 Å². The summed E-state index contributed by atoms with van der Waals surface area (Å²) in [4.78, 5) is 15.9. The highest BCUT2D eigenvalue weighted by molar-refractivity contribution is 6.34. The van der Waals surface area contributed by atoms with Gasteiger partial charge in [0.05, 0.1) is 12.7 Å². The molecule has 0 saturated heterocycles. The molecule has 124 valence electrons. The molecule has 4 nitrogen and oxygen atoms in total.